The van der Waals surface area contributed by atoms with Crippen LogP contribution in [0.1, 0.15) is 44.1 Å². The van der Waals surface area contributed by atoms with Crippen molar-refractivity contribution in [2.75, 3.05) is 6.61 Å². The lowest BCUT2D eigenvalue weighted by Crippen LogP contribution is -2.58. The fourth-order valence-corrected chi connectivity index (χ4v) is 5.34. The summed E-state index contributed by atoms with van der Waals surface area (Å²) in [6, 6.07) is 0. The molecule has 4 heteroatoms. The Labute approximate surface area is 120 Å². The van der Waals surface area contributed by atoms with E-state index in [9.17, 15) is 0 Å². The molecule has 1 heterocycles. The number of nitrogens with one attached hydrogen (secondary N) is 1. The van der Waals surface area contributed by atoms with Crippen LogP contribution < -0.4 is 5.32 Å². The highest BCUT2D eigenvalue weighted by molar-refractivity contribution is 5.09. The van der Waals surface area contributed by atoms with Crippen molar-refractivity contribution >= 4 is 0 Å². The smallest absolute Gasteiger partial charge is 0.0640 e. The largest absolute Gasteiger partial charge is 0.394 e. The third-order valence-electron chi connectivity index (χ3n) is 5.72. The van der Waals surface area contributed by atoms with Crippen LogP contribution in [0.25, 0.3) is 0 Å². The Kier molecular flexibility index (Phi) is 3.11. The second-order valence-electron chi connectivity index (χ2n) is 7.39. The highest BCUT2D eigenvalue weighted by atomic mass is 16.3. The summed E-state index contributed by atoms with van der Waals surface area (Å²) in [7, 11) is 0. The first-order valence-electron chi connectivity index (χ1n) is 8.12. The Morgan fingerprint density at radius 3 is 2.45 bits per heavy atom. The number of nitrogens with zero attached hydrogens (tertiary/aromatic N) is 2. The van der Waals surface area contributed by atoms with Crippen LogP contribution in [0.15, 0.2) is 12.4 Å². The molecule has 4 aliphatic rings. The maximum absolute atomic E-state index is 8.94. The Balaban J connectivity index is 1.41. The first-order chi connectivity index (χ1) is 9.75. The maximum atomic E-state index is 8.94. The molecule has 0 aliphatic heterocycles. The van der Waals surface area contributed by atoms with Gasteiger partial charge < -0.3 is 10.4 Å². The van der Waals surface area contributed by atoms with Gasteiger partial charge in [-0.2, -0.15) is 5.10 Å². The number of aromatic nitrogens is 2. The molecule has 0 atom stereocenters. The standard InChI is InChI=1S/C16H25N3O/c20-2-1-19-11-15(10-18-19)9-17-16-6-12-3-13(7-16)5-14(4-12)8-16/h10-14,17,20H,1-9H2. The van der Waals surface area contributed by atoms with Gasteiger partial charge in [0.05, 0.1) is 19.3 Å². The van der Waals surface area contributed by atoms with E-state index in [1.165, 1.54) is 44.1 Å². The van der Waals surface area contributed by atoms with Crippen LogP contribution in [-0.2, 0) is 13.1 Å². The van der Waals surface area contributed by atoms with Gasteiger partial charge in [0.1, 0.15) is 0 Å². The Morgan fingerprint density at radius 2 is 1.85 bits per heavy atom. The van der Waals surface area contributed by atoms with E-state index in [4.69, 9.17) is 5.11 Å². The molecule has 0 spiro atoms. The van der Waals surface area contributed by atoms with E-state index in [1.54, 1.807) is 0 Å². The molecule has 0 aromatic carbocycles. The average molecular weight is 275 g/mol. The van der Waals surface area contributed by atoms with Crippen molar-refractivity contribution in [2.45, 2.75) is 57.2 Å². The molecule has 5 rings (SSSR count). The highest BCUT2D eigenvalue weighted by Crippen LogP contribution is 2.55. The highest BCUT2D eigenvalue weighted by Gasteiger charge is 2.50. The summed E-state index contributed by atoms with van der Waals surface area (Å²) in [5.41, 5.74) is 1.67. The van der Waals surface area contributed by atoms with Crippen molar-refractivity contribution in [1.29, 1.82) is 0 Å². The van der Waals surface area contributed by atoms with Crippen LogP contribution in [0.5, 0.6) is 0 Å². The van der Waals surface area contributed by atoms with Crippen molar-refractivity contribution in [3.8, 4) is 0 Å². The molecule has 1 aromatic rings. The van der Waals surface area contributed by atoms with Crippen molar-refractivity contribution < 1.29 is 5.11 Å². The molecule has 4 bridgehead atoms. The third kappa shape index (κ3) is 2.29. The summed E-state index contributed by atoms with van der Waals surface area (Å²) < 4.78 is 1.83. The zero-order chi connectivity index (χ0) is 13.6. The lowest BCUT2D eigenvalue weighted by atomic mass is 9.53. The summed E-state index contributed by atoms with van der Waals surface area (Å²) in [5, 5.41) is 17.1. The summed E-state index contributed by atoms with van der Waals surface area (Å²) in [4.78, 5) is 0. The molecule has 0 amide bonds. The zero-order valence-electron chi connectivity index (χ0n) is 12.1. The SMILES string of the molecule is OCCn1cc(CNC23CC4CC(CC(C4)C2)C3)cn1. The van der Waals surface area contributed by atoms with Crippen molar-refractivity contribution in [3.63, 3.8) is 0 Å². The van der Waals surface area contributed by atoms with Crippen LogP contribution in [0.4, 0.5) is 0 Å². The van der Waals surface area contributed by atoms with E-state index < -0.39 is 0 Å². The second kappa shape index (κ2) is 4.85. The molecular weight excluding hydrogens is 250 g/mol. The lowest BCUT2D eigenvalue weighted by Gasteiger charge is -2.57. The molecule has 20 heavy (non-hydrogen) atoms. The van der Waals surface area contributed by atoms with Crippen LogP contribution in [0.2, 0.25) is 0 Å². The van der Waals surface area contributed by atoms with Crippen LogP contribution in [-0.4, -0.2) is 27.0 Å². The molecule has 4 saturated carbocycles. The van der Waals surface area contributed by atoms with E-state index in [2.05, 4.69) is 16.6 Å². The molecule has 4 aliphatic carbocycles. The van der Waals surface area contributed by atoms with Crippen molar-refractivity contribution in [3.05, 3.63) is 18.0 Å². The monoisotopic (exact) mass is 275 g/mol. The predicted octanol–water partition coefficient (Wildman–Crippen LogP) is 1.93. The summed E-state index contributed by atoms with van der Waals surface area (Å²) in [5.74, 6) is 2.97. The number of hydrogen-bond donors (Lipinski definition) is 2. The van der Waals surface area contributed by atoms with E-state index in [-0.39, 0.29) is 6.61 Å². The Hall–Kier alpha value is -0.870. The minimum atomic E-state index is 0.156. The average Bonchev–Trinajstić information content (AvgIpc) is 2.83. The molecule has 1 aromatic heterocycles. The minimum Gasteiger partial charge on any atom is -0.394 e. The fourth-order valence-electron chi connectivity index (χ4n) is 5.34. The van der Waals surface area contributed by atoms with Gasteiger partial charge in [0, 0.05) is 23.8 Å². The maximum Gasteiger partial charge on any atom is 0.0640 e. The second-order valence-corrected chi connectivity index (χ2v) is 7.39. The van der Waals surface area contributed by atoms with Crippen molar-refractivity contribution in [2.24, 2.45) is 17.8 Å². The fraction of sp³-hybridized carbons (Fsp3) is 0.812. The molecule has 4 fully saturated rings. The topological polar surface area (TPSA) is 50.1 Å². The number of hydrogen-bond acceptors (Lipinski definition) is 3. The van der Waals surface area contributed by atoms with Gasteiger partial charge in [-0.1, -0.05) is 0 Å². The predicted molar refractivity (Wildman–Crippen MR) is 77.1 cm³/mol. The first kappa shape index (κ1) is 12.8. The van der Waals surface area contributed by atoms with Gasteiger partial charge in [0.15, 0.2) is 0 Å². The molecule has 2 N–H and O–H groups in total. The van der Waals surface area contributed by atoms with Crippen LogP contribution >= 0.6 is 0 Å². The van der Waals surface area contributed by atoms with Crippen LogP contribution in [0.3, 0.4) is 0 Å². The van der Waals surface area contributed by atoms with Gasteiger partial charge in [-0.25, -0.2) is 0 Å². The Bertz CT molecular complexity index is 447. The van der Waals surface area contributed by atoms with E-state index >= 15 is 0 Å². The molecule has 0 saturated heterocycles. The Morgan fingerprint density at radius 1 is 1.20 bits per heavy atom. The van der Waals surface area contributed by atoms with Gasteiger partial charge in [-0.15, -0.1) is 0 Å². The summed E-state index contributed by atoms with van der Waals surface area (Å²) in [6.45, 7) is 1.68. The van der Waals surface area contributed by atoms with Gasteiger partial charge in [0.2, 0.25) is 0 Å². The lowest BCUT2D eigenvalue weighted by molar-refractivity contribution is -0.0206. The zero-order valence-corrected chi connectivity index (χ0v) is 12.1. The van der Waals surface area contributed by atoms with Crippen molar-refractivity contribution in [1.82, 2.24) is 15.1 Å². The van der Waals surface area contributed by atoms with Gasteiger partial charge in [0.25, 0.3) is 0 Å². The van der Waals surface area contributed by atoms with E-state index in [0.717, 1.165) is 24.3 Å². The number of rotatable bonds is 5. The van der Waals surface area contributed by atoms with Crippen LogP contribution in [0, 0.1) is 17.8 Å². The third-order valence-corrected chi connectivity index (χ3v) is 5.72. The molecule has 110 valence electrons. The van der Waals surface area contributed by atoms with Gasteiger partial charge in [-0.3, -0.25) is 4.68 Å². The number of aliphatic hydroxyl groups is 1. The molecule has 0 radical (unpaired) electrons. The molecule has 0 unspecified atom stereocenters. The minimum absolute atomic E-state index is 0.156. The van der Waals surface area contributed by atoms with E-state index in [0.29, 0.717) is 12.1 Å². The summed E-state index contributed by atoms with van der Waals surface area (Å²) >= 11 is 0. The molecule has 4 nitrogen and oxygen atoms in total. The quantitative estimate of drug-likeness (QED) is 0.863. The molecular formula is C16H25N3O. The first-order valence-corrected chi connectivity index (χ1v) is 8.12. The normalized spacial score (nSPS) is 38.5. The van der Waals surface area contributed by atoms with Gasteiger partial charge >= 0.3 is 0 Å². The number of aliphatic hydroxyl groups excluding tert-OH is 1. The van der Waals surface area contributed by atoms with E-state index in [1.807, 2.05) is 10.9 Å². The summed E-state index contributed by atoms with van der Waals surface area (Å²) in [6.07, 6.45) is 12.7. The van der Waals surface area contributed by atoms with Gasteiger partial charge in [-0.05, 0) is 56.3 Å².